The zero-order valence-electron chi connectivity index (χ0n) is 8.81. The average molecular weight is 300 g/mol. The maximum atomic E-state index is 6.15. The van der Waals surface area contributed by atoms with Gasteiger partial charge in [0.15, 0.2) is 11.5 Å². The summed E-state index contributed by atoms with van der Waals surface area (Å²) in [6.45, 7) is 0. The summed E-state index contributed by atoms with van der Waals surface area (Å²) in [5.74, 6) is 0.555. The van der Waals surface area contributed by atoms with Gasteiger partial charge in [-0.1, -0.05) is 34.8 Å². The van der Waals surface area contributed by atoms with Crippen LogP contribution in [0.1, 0.15) is 0 Å². The van der Waals surface area contributed by atoms with Crippen molar-refractivity contribution in [3.8, 4) is 11.4 Å². The normalized spacial score (nSPS) is 11.1. The van der Waals surface area contributed by atoms with E-state index >= 15 is 0 Å². The van der Waals surface area contributed by atoms with Gasteiger partial charge in [-0.3, -0.25) is 9.38 Å². The molecule has 0 atom stereocenters. The number of hydrogen-bond acceptors (Lipinski definition) is 3. The van der Waals surface area contributed by atoms with E-state index in [1.165, 1.54) is 6.20 Å². The number of halogens is 3. The first-order valence-electron chi connectivity index (χ1n) is 4.97. The Hall–Kier alpha value is -1.36. The lowest BCUT2D eigenvalue weighted by molar-refractivity contribution is 1.11. The Bertz CT molecular complexity index is 738. The van der Waals surface area contributed by atoms with Gasteiger partial charge in [0, 0.05) is 10.6 Å². The second-order valence-electron chi connectivity index (χ2n) is 3.57. The lowest BCUT2D eigenvalue weighted by atomic mass is 10.2. The Labute approximate surface area is 117 Å². The first-order valence-corrected chi connectivity index (χ1v) is 6.10. The molecule has 2 heterocycles. The van der Waals surface area contributed by atoms with Crippen molar-refractivity contribution in [3.63, 3.8) is 0 Å². The van der Waals surface area contributed by atoms with Crippen molar-refractivity contribution in [2.24, 2.45) is 0 Å². The van der Waals surface area contributed by atoms with Gasteiger partial charge in [0.25, 0.3) is 0 Å². The van der Waals surface area contributed by atoms with Gasteiger partial charge in [0.1, 0.15) is 5.15 Å². The Morgan fingerprint density at radius 2 is 1.83 bits per heavy atom. The minimum absolute atomic E-state index is 0.415. The highest BCUT2D eigenvalue weighted by atomic mass is 35.5. The molecule has 0 saturated carbocycles. The highest BCUT2D eigenvalue weighted by Crippen LogP contribution is 2.30. The van der Waals surface area contributed by atoms with Crippen LogP contribution in [0.2, 0.25) is 15.2 Å². The second-order valence-corrected chi connectivity index (χ2v) is 4.80. The van der Waals surface area contributed by atoms with Gasteiger partial charge >= 0.3 is 0 Å². The van der Waals surface area contributed by atoms with Crippen molar-refractivity contribution in [1.82, 2.24) is 19.6 Å². The molecular weight excluding hydrogens is 295 g/mol. The number of fused-ring (bicyclic) bond motifs is 1. The zero-order chi connectivity index (χ0) is 12.7. The molecule has 0 spiro atoms. The van der Waals surface area contributed by atoms with E-state index < -0.39 is 0 Å². The highest BCUT2D eigenvalue weighted by Gasteiger charge is 2.13. The van der Waals surface area contributed by atoms with Crippen LogP contribution in [0.3, 0.4) is 0 Å². The van der Waals surface area contributed by atoms with Gasteiger partial charge in [0.05, 0.1) is 17.4 Å². The predicted molar refractivity (Wildman–Crippen MR) is 71.2 cm³/mol. The fraction of sp³-hybridized carbons (Fsp3) is 0. The summed E-state index contributed by atoms with van der Waals surface area (Å²) in [7, 11) is 0. The molecule has 4 nitrogen and oxygen atoms in total. The van der Waals surface area contributed by atoms with Gasteiger partial charge in [0.2, 0.25) is 0 Å². The molecule has 7 heteroatoms. The molecular formula is C11H5Cl3N4. The van der Waals surface area contributed by atoms with E-state index in [4.69, 9.17) is 34.8 Å². The van der Waals surface area contributed by atoms with Crippen LogP contribution in [0.25, 0.3) is 17.0 Å². The summed E-state index contributed by atoms with van der Waals surface area (Å²) in [5.41, 5.74) is 1.27. The Kier molecular flexibility index (Phi) is 2.86. The highest BCUT2D eigenvalue weighted by molar-refractivity contribution is 6.36. The lowest BCUT2D eigenvalue weighted by Crippen LogP contribution is -1.92. The van der Waals surface area contributed by atoms with E-state index in [0.29, 0.717) is 32.2 Å². The van der Waals surface area contributed by atoms with Gasteiger partial charge in [-0.2, -0.15) is 0 Å². The van der Waals surface area contributed by atoms with Gasteiger partial charge in [-0.25, -0.2) is 0 Å². The number of benzene rings is 1. The summed E-state index contributed by atoms with van der Waals surface area (Å²) in [6.07, 6.45) is 3.09. The molecule has 0 N–H and O–H groups in total. The van der Waals surface area contributed by atoms with Crippen molar-refractivity contribution < 1.29 is 0 Å². The first-order chi connectivity index (χ1) is 8.66. The molecule has 90 valence electrons. The molecule has 2 aromatic heterocycles. The van der Waals surface area contributed by atoms with Crippen molar-refractivity contribution in [2.45, 2.75) is 0 Å². The van der Waals surface area contributed by atoms with Crippen LogP contribution in [0.15, 0.2) is 30.6 Å². The predicted octanol–water partition coefficient (Wildman–Crippen LogP) is 3.75. The Morgan fingerprint density at radius 3 is 2.61 bits per heavy atom. The Morgan fingerprint density at radius 1 is 1.00 bits per heavy atom. The van der Waals surface area contributed by atoms with Crippen molar-refractivity contribution >= 4 is 40.4 Å². The number of aromatic nitrogens is 4. The summed E-state index contributed by atoms with van der Waals surface area (Å²) in [6, 6.07) is 5.16. The first kappa shape index (κ1) is 11.7. The summed E-state index contributed by atoms with van der Waals surface area (Å²) < 4.78 is 1.67. The maximum absolute atomic E-state index is 6.15. The third-order valence-electron chi connectivity index (χ3n) is 2.44. The Balaban J connectivity index is 2.32. The molecule has 0 saturated heterocycles. The average Bonchev–Trinajstić information content (AvgIpc) is 2.74. The van der Waals surface area contributed by atoms with Crippen LogP contribution in [-0.2, 0) is 0 Å². The topological polar surface area (TPSA) is 43.1 Å². The lowest BCUT2D eigenvalue weighted by Gasteiger charge is -2.04. The fourth-order valence-corrected chi connectivity index (χ4v) is 2.38. The fourth-order valence-electron chi connectivity index (χ4n) is 1.66. The minimum Gasteiger partial charge on any atom is -0.262 e. The van der Waals surface area contributed by atoms with Crippen LogP contribution >= 0.6 is 34.8 Å². The standard InChI is InChI=1S/C11H5Cl3N4/c12-6-1-2-7(8(13)3-6)11-17-16-10-5-15-4-9(14)18(10)11/h1-5H. The molecule has 0 bridgehead atoms. The molecule has 18 heavy (non-hydrogen) atoms. The van der Waals surface area contributed by atoms with Crippen LogP contribution in [0.5, 0.6) is 0 Å². The number of nitrogens with zero attached hydrogens (tertiary/aromatic N) is 4. The zero-order valence-corrected chi connectivity index (χ0v) is 11.1. The molecule has 3 rings (SSSR count). The summed E-state index contributed by atoms with van der Waals surface area (Å²) in [4.78, 5) is 3.95. The van der Waals surface area contributed by atoms with E-state index in [9.17, 15) is 0 Å². The smallest absolute Gasteiger partial charge is 0.180 e. The molecule has 0 radical (unpaired) electrons. The van der Waals surface area contributed by atoms with Crippen molar-refractivity contribution in [1.29, 1.82) is 0 Å². The summed E-state index contributed by atoms with van der Waals surface area (Å²) in [5, 5.41) is 9.54. The van der Waals surface area contributed by atoms with Gasteiger partial charge < -0.3 is 0 Å². The third kappa shape index (κ3) is 1.82. The van der Waals surface area contributed by atoms with Crippen LogP contribution in [-0.4, -0.2) is 19.6 Å². The van der Waals surface area contributed by atoms with Crippen LogP contribution < -0.4 is 0 Å². The molecule has 0 amide bonds. The van der Waals surface area contributed by atoms with E-state index in [1.807, 2.05) is 0 Å². The number of hydrogen-bond donors (Lipinski definition) is 0. The SMILES string of the molecule is Clc1ccc(-c2nnc3cncc(Cl)n23)c(Cl)c1. The van der Waals surface area contributed by atoms with Crippen molar-refractivity contribution in [2.75, 3.05) is 0 Å². The molecule has 0 aliphatic heterocycles. The van der Waals surface area contributed by atoms with Crippen LogP contribution in [0, 0.1) is 0 Å². The molecule has 0 fully saturated rings. The molecule has 0 unspecified atom stereocenters. The van der Waals surface area contributed by atoms with E-state index in [1.54, 1.807) is 28.8 Å². The monoisotopic (exact) mass is 298 g/mol. The largest absolute Gasteiger partial charge is 0.262 e. The maximum Gasteiger partial charge on any atom is 0.180 e. The van der Waals surface area contributed by atoms with Gasteiger partial charge in [-0.05, 0) is 18.2 Å². The number of rotatable bonds is 1. The van der Waals surface area contributed by atoms with Crippen LogP contribution in [0.4, 0.5) is 0 Å². The molecule has 3 aromatic rings. The van der Waals surface area contributed by atoms with E-state index in [0.717, 1.165) is 0 Å². The van der Waals surface area contributed by atoms with E-state index in [-0.39, 0.29) is 0 Å². The molecule has 1 aromatic carbocycles. The van der Waals surface area contributed by atoms with Gasteiger partial charge in [-0.15, -0.1) is 10.2 Å². The quantitative estimate of drug-likeness (QED) is 0.687. The molecule has 0 aliphatic rings. The van der Waals surface area contributed by atoms with Crippen molar-refractivity contribution in [3.05, 3.63) is 45.8 Å². The summed E-state index contributed by atoms with van der Waals surface area (Å²) >= 11 is 18.1. The second kappa shape index (κ2) is 4.39. The molecule has 0 aliphatic carbocycles. The van der Waals surface area contributed by atoms with E-state index in [2.05, 4.69) is 15.2 Å². The minimum atomic E-state index is 0.415. The third-order valence-corrected chi connectivity index (χ3v) is 3.26.